The van der Waals surface area contributed by atoms with E-state index in [9.17, 15) is 9.59 Å². The minimum atomic E-state index is -0.256. The van der Waals surface area contributed by atoms with Gasteiger partial charge in [0, 0.05) is 28.9 Å². The van der Waals surface area contributed by atoms with Crippen LogP contribution in [0.1, 0.15) is 27.6 Å². The largest absolute Gasteiger partial charge is 0.493 e. The Kier molecular flexibility index (Phi) is 4.43. The predicted octanol–water partition coefficient (Wildman–Crippen LogP) is 3.64. The first-order valence-electron chi connectivity index (χ1n) is 7.69. The normalized spacial score (nSPS) is 10.5. The molecule has 3 aromatic rings. The highest BCUT2D eigenvalue weighted by molar-refractivity contribution is 6.13. The van der Waals surface area contributed by atoms with E-state index in [2.05, 4.69) is 10.3 Å². The molecule has 0 fully saturated rings. The molecular formula is C19H18N2O4. The quantitative estimate of drug-likeness (QED) is 0.696. The number of aromatic nitrogens is 1. The number of anilines is 1. The summed E-state index contributed by atoms with van der Waals surface area (Å²) in [4.78, 5) is 27.0. The van der Waals surface area contributed by atoms with Crippen LogP contribution in [0.5, 0.6) is 11.5 Å². The third kappa shape index (κ3) is 3.19. The van der Waals surface area contributed by atoms with Crippen LogP contribution < -0.4 is 14.8 Å². The first-order valence-corrected chi connectivity index (χ1v) is 7.69. The van der Waals surface area contributed by atoms with Crippen molar-refractivity contribution in [2.45, 2.75) is 6.92 Å². The van der Waals surface area contributed by atoms with Crippen molar-refractivity contribution in [1.29, 1.82) is 0 Å². The number of aromatic amines is 1. The minimum Gasteiger partial charge on any atom is -0.493 e. The number of rotatable bonds is 5. The van der Waals surface area contributed by atoms with E-state index in [0.717, 1.165) is 10.9 Å². The van der Waals surface area contributed by atoms with E-state index in [0.29, 0.717) is 28.3 Å². The summed E-state index contributed by atoms with van der Waals surface area (Å²) in [6.45, 7) is 1.50. The highest BCUT2D eigenvalue weighted by Crippen LogP contribution is 2.33. The van der Waals surface area contributed by atoms with Gasteiger partial charge in [-0.1, -0.05) is 0 Å². The van der Waals surface area contributed by atoms with Gasteiger partial charge in [-0.25, -0.2) is 0 Å². The first kappa shape index (κ1) is 16.6. The third-order valence-corrected chi connectivity index (χ3v) is 3.98. The number of amides is 1. The molecule has 0 saturated carbocycles. The molecule has 0 atom stereocenters. The molecule has 0 spiro atoms. The smallest absolute Gasteiger partial charge is 0.257 e. The van der Waals surface area contributed by atoms with Crippen molar-refractivity contribution in [3.8, 4) is 11.5 Å². The number of carbonyl (C=O) groups excluding carboxylic acids is 2. The number of hydrogen-bond donors (Lipinski definition) is 2. The molecule has 128 valence electrons. The zero-order chi connectivity index (χ0) is 18.0. The van der Waals surface area contributed by atoms with Crippen LogP contribution in [0.4, 0.5) is 5.69 Å². The Hall–Kier alpha value is -3.28. The molecule has 0 aliphatic rings. The molecule has 0 bridgehead atoms. The van der Waals surface area contributed by atoms with E-state index in [4.69, 9.17) is 9.47 Å². The van der Waals surface area contributed by atoms with Crippen LogP contribution in [-0.2, 0) is 0 Å². The van der Waals surface area contributed by atoms with Crippen molar-refractivity contribution in [2.24, 2.45) is 0 Å². The van der Waals surface area contributed by atoms with Crippen molar-refractivity contribution in [3.05, 3.63) is 53.7 Å². The summed E-state index contributed by atoms with van der Waals surface area (Å²) in [5, 5.41) is 3.56. The van der Waals surface area contributed by atoms with Crippen LogP contribution in [0.2, 0.25) is 0 Å². The number of ketones is 1. The number of H-pyrrole nitrogens is 1. The molecular weight excluding hydrogens is 320 g/mol. The van der Waals surface area contributed by atoms with Gasteiger partial charge in [-0.2, -0.15) is 0 Å². The van der Waals surface area contributed by atoms with Crippen molar-refractivity contribution < 1.29 is 19.1 Å². The Balaban J connectivity index is 1.90. The summed E-state index contributed by atoms with van der Waals surface area (Å²) in [7, 11) is 3.11. The summed E-state index contributed by atoms with van der Waals surface area (Å²) in [6.07, 6.45) is 1.64. The van der Waals surface area contributed by atoms with E-state index >= 15 is 0 Å². The number of ether oxygens (including phenoxy) is 2. The van der Waals surface area contributed by atoms with Gasteiger partial charge in [0.15, 0.2) is 17.3 Å². The van der Waals surface area contributed by atoms with E-state index in [-0.39, 0.29) is 11.7 Å². The summed E-state index contributed by atoms with van der Waals surface area (Å²) >= 11 is 0. The Bertz CT molecular complexity index is 942. The van der Waals surface area contributed by atoms with E-state index in [1.807, 2.05) is 0 Å². The molecule has 0 aliphatic heterocycles. The summed E-state index contributed by atoms with van der Waals surface area (Å²) in [5.74, 6) is 0.864. The Morgan fingerprint density at radius 2 is 1.64 bits per heavy atom. The molecule has 0 unspecified atom stereocenters. The van der Waals surface area contributed by atoms with Crippen LogP contribution in [0, 0.1) is 0 Å². The van der Waals surface area contributed by atoms with Gasteiger partial charge in [-0.3, -0.25) is 9.59 Å². The number of hydrogen-bond acceptors (Lipinski definition) is 4. The second-order valence-electron chi connectivity index (χ2n) is 5.54. The summed E-state index contributed by atoms with van der Waals surface area (Å²) < 4.78 is 10.6. The Morgan fingerprint density at radius 3 is 2.24 bits per heavy atom. The average Bonchev–Trinajstić information content (AvgIpc) is 3.03. The molecule has 3 rings (SSSR count). The second kappa shape index (κ2) is 6.68. The highest BCUT2D eigenvalue weighted by atomic mass is 16.5. The second-order valence-corrected chi connectivity index (χ2v) is 5.54. The molecule has 2 N–H and O–H groups in total. The number of methoxy groups -OCH3 is 2. The van der Waals surface area contributed by atoms with Gasteiger partial charge >= 0.3 is 0 Å². The van der Waals surface area contributed by atoms with Gasteiger partial charge in [-0.05, 0) is 37.3 Å². The third-order valence-electron chi connectivity index (χ3n) is 3.98. The Morgan fingerprint density at radius 1 is 1.00 bits per heavy atom. The number of fused-ring (bicyclic) bond motifs is 1. The van der Waals surface area contributed by atoms with E-state index < -0.39 is 0 Å². The average molecular weight is 338 g/mol. The lowest BCUT2D eigenvalue weighted by atomic mass is 10.1. The van der Waals surface area contributed by atoms with Crippen molar-refractivity contribution >= 4 is 28.3 Å². The SMILES string of the molecule is COc1cc2[nH]cc(C(=O)Nc3ccc(C(C)=O)cc3)c2cc1OC. The van der Waals surface area contributed by atoms with Gasteiger partial charge in [0.1, 0.15) is 0 Å². The van der Waals surface area contributed by atoms with Gasteiger partial charge in [-0.15, -0.1) is 0 Å². The van der Waals surface area contributed by atoms with Crippen LogP contribution >= 0.6 is 0 Å². The maximum Gasteiger partial charge on any atom is 0.257 e. The van der Waals surface area contributed by atoms with Crippen LogP contribution in [0.3, 0.4) is 0 Å². The van der Waals surface area contributed by atoms with Gasteiger partial charge in [0.2, 0.25) is 0 Å². The molecule has 1 heterocycles. The van der Waals surface area contributed by atoms with E-state index in [1.54, 1.807) is 56.8 Å². The molecule has 0 radical (unpaired) electrons. The molecule has 6 heteroatoms. The number of nitrogens with one attached hydrogen (secondary N) is 2. The zero-order valence-electron chi connectivity index (χ0n) is 14.2. The fraction of sp³-hybridized carbons (Fsp3) is 0.158. The van der Waals surface area contributed by atoms with Gasteiger partial charge in [0.05, 0.1) is 25.3 Å². The summed E-state index contributed by atoms with van der Waals surface area (Å²) in [5.41, 5.74) is 2.48. The van der Waals surface area contributed by atoms with Crippen molar-refractivity contribution in [1.82, 2.24) is 4.98 Å². The molecule has 6 nitrogen and oxygen atoms in total. The molecule has 25 heavy (non-hydrogen) atoms. The van der Waals surface area contributed by atoms with E-state index in [1.165, 1.54) is 6.92 Å². The highest BCUT2D eigenvalue weighted by Gasteiger charge is 2.16. The molecule has 0 saturated heterocycles. The van der Waals surface area contributed by atoms with Crippen molar-refractivity contribution in [2.75, 3.05) is 19.5 Å². The minimum absolute atomic E-state index is 0.0180. The van der Waals surface area contributed by atoms with Gasteiger partial charge in [0.25, 0.3) is 5.91 Å². The van der Waals surface area contributed by atoms with Gasteiger partial charge < -0.3 is 19.8 Å². The molecule has 1 aromatic heterocycles. The Labute approximate surface area is 144 Å². The lowest BCUT2D eigenvalue weighted by molar-refractivity contribution is 0.101. The molecule has 2 aromatic carbocycles. The zero-order valence-corrected chi connectivity index (χ0v) is 14.2. The lowest BCUT2D eigenvalue weighted by Crippen LogP contribution is -2.11. The van der Waals surface area contributed by atoms with Crippen LogP contribution in [0.15, 0.2) is 42.6 Å². The predicted molar refractivity (Wildman–Crippen MR) is 95.8 cm³/mol. The molecule has 1 amide bonds. The first-order chi connectivity index (χ1) is 12.0. The number of carbonyl (C=O) groups is 2. The number of Topliss-reactive ketones (excluding diaryl/α,β-unsaturated/α-hetero) is 1. The standard InChI is InChI=1S/C19H18N2O4/c1-11(22)12-4-6-13(7-5-12)21-19(23)15-10-20-16-9-18(25-3)17(24-2)8-14(15)16/h4-10,20H,1-3H3,(H,21,23). The summed E-state index contributed by atoms with van der Waals surface area (Å²) in [6, 6.07) is 10.3. The number of benzene rings is 2. The monoisotopic (exact) mass is 338 g/mol. The topological polar surface area (TPSA) is 80.4 Å². The fourth-order valence-electron chi connectivity index (χ4n) is 2.62. The maximum absolute atomic E-state index is 12.6. The lowest BCUT2D eigenvalue weighted by Gasteiger charge is -2.08. The fourth-order valence-corrected chi connectivity index (χ4v) is 2.62. The van der Waals surface area contributed by atoms with Crippen LogP contribution in [-0.4, -0.2) is 30.9 Å². The van der Waals surface area contributed by atoms with Crippen LogP contribution in [0.25, 0.3) is 10.9 Å². The van der Waals surface area contributed by atoms with Crippen molar-refractivity contribution in [3.63, 3.8) is 0 Å². The maximum atomic E-state index is 12.6. The molecule has 0 aliphatic carbocycles.